The SMILES string of the molecule is CCNC(=NCCOc1cccc(F)c1)N1CCN(C(=O)c2ccco2)CC1. The second-order valence-corrected chi connectivity index (χ2v) is 6.30. The minimum atomic E-state index is -0.323. The van der Waals surface area contributed by atoms with Gasteiger partial charge in [0, 0.05) is 38.8 Å². The van der Waals surface area contributed by atoms with E-state index in [4.69, 9.17) is 9.15 Å². The fraction of sp³-hybridized carbons (Fsp3) is 0.400. The van der Waals surface area contributed by atoms with Gasteiger partial charge in [-0.15, -0.1) is 0 Å². The number of aliphatic imine (C=N–C) groups is 1. The van der Waals surface area contributed by atoms with Crippen molar-refractivity contribution in [2.45, 2.75) is 6.92 Å². The highest BCUT2D eigenvalue weighted by Crippen LogP contribution is 2.12. The average molecular weight is 388 g/mol. The van der Waals surface area contributed by atoms with Crippen LogP contribution in [0.1, 0.15) is 17.5 Å². The van der Waals surface area contributed by atoms with Crippen LogP contribution in [0, 0.1) is 5.82 Å². The highest BCUT2D eigenvalue weighted by Gasteiger charge is 2.25. The van der Waals surface area contributed by atoms with Crippen molar-refractivity contribution in [3.8, 4) is 5.75 Å². The molecule has 2 heterocycles. The van der Waals surface area contributed by atoms with E-state index in [1.165, 1.54) is 18.4 Å². The molecule has 0 unspecified atom stereocenters. The van der Waals surface area contributed by atoms with Crippen LogP contribution in [-0.4, -0.2) is 67.5 Å². The standard InChI is InChI=1S/C20H25FN4O3/c1-2-22-20(23-8-14-27-17-6-3-5-16(21)15-17)25-11-9-24(10-12-25)19(26)18-7-4-13-28-18/h3-7,13,15H,2,8-12,14H2,1H3,(H,22,23). The van der Waals surface area contributed by atoms with Crippen LogP contribution in [0.15, 0.2) is 52.1 Å². The number of rotatable bonds is 6. The van der Waals surface area contributed by atoms with Gasteiger partial charge in [0.05, 0.1) is 12.8 Å². The summed E-state index contributed by atoms with van der Waals surface area (Å²) >= 11 is 0. The lowest BCUT2D eigenvalue weighted by atomic mass is 10.3. The first-order valence-corrected chi connectivity index (χ1v) is 9.42. The second kappa shape index (κ2) is 9.77. The highest BCUT2D eigenvalue weighted by atomic mass is 19.1. The van der Waals surface area contributed by atoms with E-state index in [9.17, 15) is 9.18 Å². The molecule has 0 aliphatic carbocycles. The zero-order valence-electron chi connectivity index (χ0n) is 15.9. The molecule has 0 saturated carbocycles. The number of furan rings is 1. The maximum absolute atomic E-state index is 13.2. The summed E-state index contributed by atoms with van der Waals surface area (Å²) in [6, 6.07) is 9.45. The largest absolute Gasteiger partial charge is 0.492 e. The van der Waals surface area contributed by atoms with Gasteiger partial charge in [0.25, 0.3) is 5.91 Å². The molecule has 0 radical (unpaired) electrons. The summed E-state index contributed by atoms with van der Waals surface area (Å²) in [6.07, 6.45) is 1.51. The van der Waals surface area contributed by atoms with Gasteiger partial charge in [0.1, 0.15) is 18.2 Å². The highest BCUT2D eigenvalue weighted by molar-refractivity contribution is 5.91. The van der Waals surface area contributed by atoms with E-state index in [0.717, 1.165) is 12.5 Å². The van der Waals surface area contributed by atoms with Crippen LogP contribution in [0.3, 0.4) is 0 Å². The number of guanidine groups is 1. The van der Waals surface area contributed by atoms with Crippen LogP contribution in [0.5, 0.6) is 5.75 Å². The molecule has 1 aliphatic rings. The molecular formula is C20H25FN4O3. The molecule has 150 valence electrons. The molecule has 1 saturated heterocycles. The predicted molar refractivity (Wildman–Crippen MR) is 104 cm³/mol. The van der Waals surface area contributed by atoms with Crippen molar-refractivity contribution in [3.05, 3.63) is 54.2 Å². The molecule has 1 N–H and O–H groups in total. The zero-order chi connectivity index (χ0) is 19.8. The smallest absolute Gasteiger partial charge is 0.289 e. The molecule has 0 atom stereocenters. The van der Waals surface area contributed by atoms with Gasteiger partial charge < -0.3 is 24.3 Å². The Bertz CT molecular complexity index is 787. The van der Waals surface area contributed by atoms with Gasteiger partial charge in [-0.3, -0.25) is 4.79 Å². The number of piperazine rings is 1. The molecule has 7 nitrogen and oxygen atoms in total. The lowest BCUT2D eigenvalue weighted by Crippen LogP contribution is -2.53. The summed E-state index contributed by atoms with van der Waals surface area (Å²) in [6.45, 7) is 6.13. The maximum Gasteiger partial charge on any atom is 0.289 e. The number of ether oxygens (including phenoxy) is 1. The number of nitrogens with zero attached hydrogens (tertiary/aromatic N) is 3. The van der Waals surface area contributed by atoms with Crippen molar-refractivity contribution < 1.29 is 18.3 Å². The number of hydrogen-bond donors (Lipinski definition) is 1. The first kappa shape index (κ1) is 19.7. The van der Waals surface area contributed by atoms with Crippen molar-refractivity contribution in [3.63, 3.8) is 0 Å². The number of amides is 1. The quantitative estimate of drug-likeness (QED) is 0.467. The van der Waals surface area contributed by atoms with E-state index in [1.54, 1.807) is 29.2 Å². The van der Waals surface area contributed by atoms with Crippen LogP contribution in [-0.2, 0) is 0 Å². The number of hydrogen-bond acceptors (Lipinski definition) is 4. The normalized spacial score (nSPS) is 14.9. The fourth-order valence-corrected chi connectivity index (χ4v) is 2.98. The fourth-order valence-electron chi connectivity index (χ4n) is 2.98. The Kier molecular flexibility index (Phi) is 6.89. The summed E-state index contributed by atoms with van der Waals surface area (Å²) < 4.78 is 23.9. The molecule has 1 aromatic heterocycles. The summed E-state index contributed by atoms with van der Waals surface area (Å²) in [5.41, 5.74) is 0. The van der Waals surface area contributed by atoms with Crippen LogP contribution in [0.2, 0.25) is 0 Å². The number of nitrogens with one attached hydrogen (secondary N) is 1. The zero-order valence-corrected chi connectivity index (χ0v) is 15.9. The first-order valence-electron chi connectivity index (χ1n) is 9.42. The van der Waals surface area contributed by atoms with E-state index in [0.29, 0.717) is 50.8 Å². The van der Waals surface area contributed by atoms with Crippen molar-refractivity contribution in [1.29, 1.82) is 0 Å². The van der Waals surface area contributed by atoms with Crippen molar-refractivity contribution in [2.24, 2.45) is 4.99 Å². The second-order valence-electron chi connectivity index (χ2n) is 6.30. The summed E-state index contributed by atoms with van der Waals surface area (Å²) in [5.74, 6) is 1.23. The maximum atomic E-state index is 13.2. The number of benzene rings is 1. The topological polar surface area (TPSA) is 70.3 Å². The van der Waals surface area contributed by atoms with E-state index in [1.807, 2.05) is 6.92 Å². The molecule has 0 bridgehead atoms. The predicted octanol–water partition coefficient (Wildman–Crippen LogP) is 2.22. The summed E-state index contributed by atoms with van der Waals surface area (Å²) in [5, 5.41) is 3.27. The Hall–Kier alpha value is -3.03. The summed E-state index contributed by atoms with van der Waals surface area (Å²) in [7, 11) is 0. The third kappa shape index (κ3) is 5.25. The molecule has 1 fully saturated rings. The molecule has 28 heavy (non-hydrogen) atoms. The monoisotopic (exact) mass is 388 g/mol. The third-order valence-corrected chi connectivity index (χ3v) is 4.35. The first-order chi connectivity index (χ1) is 13.7. The van der Waals surface area contributed by atoms with Crippen LogP contribution in [0.4, 0.5) is 4.39 Å². The van der Waals surface area contributed by atoms with Crippen LogP contribution < -0.4 is 10.1 Å². The molecule has 1 aromatic carbocycles. The summed E-state index contributed by atoms with van der Waals surface area (Å²) in [4.78, 5) is 20.8. The average Bonchev–Trinajstić information content (AvgIpc) is 3.25. The Morgan fingerprint density at radius 2 is 2.00 bits per heavy atom. The minimum Gasteiger partial charge on any atom is -0.492 e. The number of carbonyl (C=O) groups is 1. The van der Waals surface area contributed by atoms with Gasteiger partial charge in [-0.05, 0) is 31.2 Å². The Morgan fingerprint density at radius 1 is 1.21 bits per heavy atom. The number of carbonyl (C=O) groups excluding carboxylic acids is 1. The van der Waals surface area contributed by atoms with E-state index < -0.39 is 0 Å². The molecular weight excluding hydrogens is 363 g/mol. The van der Waals surface area contributed by atoms with Gasteiger partial charge in [0.15, 0.2) is 11.7 Å². The van der Waals surface area contributed by atoms with Crippen molar-refractivity contribution >= 4 is 11.9 Å². The molecule has 1 amide bonds. The molecule has 0 spiro atoms. The lowest BCUT2D eigenvalue weighted by Gasteiger charge is -2.36. The van der Waals surface area contributed by atoms with Crippen molar-refractivity contribution in [1.82, 2.24) is 15.1 Å². The van der Waals surface area contributed by atoms with Gasteiger partial charge in [-0.2, -0.15) is 0 Å². The Balaban J connectivity index is 1.49. The number of halogens is 1. The van der Waals surface area contributed by atoms with Crippen molar-refractivity contribution in [2.75, 3.05) is 45.9 Å². The Labute approximate surface area is 163 Å². The van der Waals surface area contributed by atoms with Gasteiger partial charge in [0.2, 0.25) is 0 Å². The molecule has 8 heteroatoms. The minimum absolute atomic E-state index is 0.0879. The molecule has 1 aliphatic heterocycles. The van der Waals surface area contributed by atoms with Crippen LogP contribution in [0.25, 0.3) is 0 Å². The van der Waals surface area contributed by atoms with Gasteiger partial charge >= 0.3 is 0 Å². The Morgan fingerprint density at radius 3 is 2.68 bits per heavy atom. The van der Waals surface area contributed by atoms with E-state index >= 15 is 0 Å². The molecule has 3 rings (SSSR count). The third-order valence-electron chi connectivity index (χ3n) is 4.35. The van der Waals surface area contributed by atoms with E-state index in [-0.39, 0.29) is 11.7 Å². The van der Waals surface area contributed by atoms with Gasteiger partial charge in [-0.1, -0.05) is 6.07 Å². The van der Waals surface area contributed by atoms with E-state index in [2.05, 4.69) is 15.2 Å². The lowest BCUT2D eigenvalue weighted by molar-refractivity contribution is 0.0657. The molecule has 2 aromatic rings. The van der Waals surface area contributed by atoms with Gasteiger partial charge in [-0.25, -0.2) is 9.38 Å². The van der Waals surface area contributed by atoms with Crippen LogP contribution >= 0.6 is 0 Å².